The summed E-state index contributed by atoms with van der Waals surface area (Å²) in [5.74, 6) is -0.757. The minimum Gasteiger partial charge on any atom is -0.342 e. The molecule has 0 aliphatic heterocycles. The molecule has 3 rings (SSSR count). The van der Waals surface area contributed by atoms with Crippen molar-refractivity contribution >= 4 is 27.5 Å². The van der Waals surface area contributed by atoms with Crippen LogP contribution in [0, 0.1) is 0 Å². The number of sulfonamides is 1. The third kappa shape index (κ3) is 5.99. The van der Waals surface area contributed by atoms with Crippen LogP contribution >= 0.6 is 0 Å². The third-order valence-electron chi connectivity index (χ3n) is 4.61. The van der Waals surface area contributed by atoms with Crippen LogP contribution in [-0.2, 0) is 19.6 Å². The molecule has 3 N–H and O–H groups in total. The third-order valence-corrected chi connectivity index (χ3v) is 6.17. The molecule has 2 aromatic carbocycles. The smallest absolute Gasteiger partial charge is 0.241 e. The highest BCUT2D eigenvalue weighted by Crippen LogP contribution is 2.20. The average Bonchev–Trinajstić information content (AvgIpc) is 2.78. The predicted octanol–water partition coefficient (Wildman–Crippen LogP) is 2.61. The van der Waals surface area contributed by atoms with Crippen LogP contribution in [0.25, 0.3) is 0 Å². The summed E-state index contributed by atoms with van der Waals surface area (Å²) in [4.78, 5) is 28.3. The summed E-state index contributed by atoms with van der Waals surface area (Å²) in [5, 5.41) is 5.45. The van der Waals surface area contributed by atoms with Gasteiger partial charge in [-0.2, -0.15) is 4.72 Å². The molecule has 0 saturated heterocycles. The molecule has 166 valence electrons. The van der Waals surface area contributed by atoms with Gasteiger partial charge >= 0.3 is 0 Å². The van der Waals surface area contributed by atoms with Gasteiger partial charge in [0, 0.05) is 18.8 Å². The van der Waals surface area contributed by atoms with E-state index in [1.807, 2.05) is 36.4 Å². The Balaban J connectivity index is 1.74. The van der Waals surface area contributed by atoms with Crippen molar-refractivity contribution in [2.45, 2.75) is 30.8 Å². The number of rotatable bonds is 8. The van der Waals surface area contributed by atoms with Gasteiger partial charge in [-0.05, 0) is 48.9 Å². The van der Waals surface area contributed by atoms with E-state index >= 15 is 0 Å². The molecular weight excluding hydrogens is 428 g/mol. The van der Waals surface area contributed by atoms with Gasteiger partial charge in [0.1, 0.15) is 0 Å². The first-order chi connectivity index (χ1) is 15.3. The highest BCUT2D eigenvalue weighted by Gasteiger charge is 2.25. The first-order valence-corrected chi connectivity index (χ1v) is 11.4. The Bertz CT molecular complexity index is 1130. The van der Waals surface area contributed by atoms with E-state index in [-0.39, 0.29) is 10.8 Å². The van der Waals surface area contributed by atoms with Crippen LogP contribution in [0.5, 0.6) is 0 Å². The fourth-order valence-electron chi connectivity index (χ4n) is 3.06. The number of nitrogens with zero attached hydrogens (tertiary/aromatic N) is 1. The standard InChI is InChI=1S/C23H24N4O4S/c1-16(27-32(30,31)20-13-11-19(12-14-20)25-17(2)28)23(29)26-22(18-8-4-3-5-9-18)21-10-6-7-15-24-21/h3-16,22,27H,1-2H3,(H,25,28)(H,26,29)/t16-,22?/m0/s1. The fourth-order valence-corrected chi connectivity index (χ4v) is 4.27. The van der Waals surface area contributed by atoms with Crippen molar-refractivity contribution in [3.8, 4) is 0 Å². The lowest BCUT2D eigenvalue weighted by Crippen LogP contribution is -2.46. The monoisotopic (exact) mass is 452 g/mol. The molecule has 2 amide bonds. The zero-order valence-corrected chi connectivity index (χ0v) is 18.5. The Labute approximate surface area is 187 Å². The van der Waals surface area contributed by atoms with E-state index in [0.29, 0.717) is 11.4 Å². The summed E-state index contributed by atoms with van der Waals surface area (Å²) in [7, 11) is -3.95. The Morgan fingerprint density at radius 1 is 0.906 bits per heavy atom. The number of nitrogens with one attached hydrogen (secondary N) is 3. The minimum atomic E-state index is -3.95. The van der Waals surface area contributed by atoms with Gasteiger partial charge < -0.3 is 10.6 Å². The lowest BCUT2D eigenvalue weighted by atomic mass is 10.0. The topological polar surface area (TPSA) is 117 Å². The van der Waals surface area contributed by atoms with E-state index in [2.05, 4.69) is 20.3 Å². The molecule has 0 saturated carbocycles. The number of pyridine rings is 1. The number of aromatic nitrogens is 1. The molecule has 9 heteroatoms. The second kappa shape index (κ2) is 10.2. The van der Waals surface area contributed by atoms with Crippen molar-refractivity contribution < 1.29 is 18.0 Å². The van der Waals surface area contributed by atoms with Gasteiger partial charge in [0.25, 0.3) is 0 Å². The van der Waals surface area contributed by atoms with Gasteiger partial charge in [0.2, 0.25) is 21.8 Å². The van der Waals surface area contributed by atoms with E-state index in [9.17, 15) is 18.0 Å². The molecule has 0 aliphatic rings. The molecule has 8 nitrogen and oxygen atoms in total. The number of carbonyl (C=O) groups is 2. The molecule has 0 radical (unpaired) electrons. The largest absolute Gasteiger partial charge is 0.342 e. The molecule has 1 heterocycles. The van der Waals surface area contributed by atoms with Gasteiger partial charge in [0.15, 0.2) is 0 Å². The van der Waals surface area contributed by atoms with Gasteiger partial charge in [0.05, 0.1) is 22.7 Å². The van der Waals surface area contributed by atoms with E-state index in [4.69, 9.17) is 0 Å². The molecular formula is C23H24N4O4S. The molecule has 2 atom stereocenters. The normalized spacial score (nSPS) is 13.1. The number of hydrogen-bond acceptors (Lipinski definition) is 5. The molecule has 0 bridgehead atoms. The average molecular weight is 453 g/mol. The van der Waals surface area contributed by atoms with Crippen molar-refractivity contribution in [1.82, 2.24) is 15.0 Å². The first kappa shape index (κ1) is 23.1. The maximum Gasteiger partial charge on any atom is 0.241 e. The molecule has 0 aliphatic carbocycles. The number of amides is 2. The van der Waals surface area contributed by atoms with Crippen LogP contribution in [0.1, 0.15) is 31.1 Å². The summed E-state index contributed by atoms with van der Waals surface area (Å²) >= 11 is 0. The van der Waals surface area contributed by atoms with Crippen molar-refractivity contribution in [1.29, 1.82) is 0 Å². The first-order valence-electron chi connectivity index (χ1n) is 9.92. The van der Waals surface area contributed by atoms with Crippen LogP contribution < -0.4 is 15.4 Å². The summed E-state index contributed by atoms with van der Waals surface area (Å²) in [6.45, 7) is 2.83. The highest BCUT2D eigenvalue weighted by molar-refractivity contribution is 7.89. The number of hydrogen-bond donors (Lipinski definition) is 3. The SMILES string of the molecule is CC(=O)Nc1ccc(S(=O)(=O)N[C@@H](C)C(=O)NC(c2ccccc2)c2ccccn2)cc1. The van der Waals surface area contributed by atoms with Crippen molar-refractivity contribution in [2.75, 3.05) is 5.32 Å². The quantitative estimate of drug-likeness (QED) is 0.486. The Morgan fingerprint density at radius 2 is 1.56 bits per heavy atom. The lowest BCUT2D eigenvalue weighted by molar-refractivity contribution is -0.122. The Kier molecular flexibility index (Phi) is 7.34. The Hall–Kier alpha value is -3.56. The lowest BCUT2D eigenvalue weighted by Gasteiger charge is -2.22. The molecule has 1 unspecified atom stereocenters. The maximum absolute atomic E-state index is 12.9. The number of benzene rings is 2. The van der Waals surface area contributed by atoms with Gasteiger partial charge in [-0.15, -0.1) is 0 Å². The van der Waals surface area contributed by atoms with Crippen LogP contribution in [0.3, 0.4) is 0 Å². The van der Waals surface area contributed by atoms with Crippen molar-refractivity contribution in [2.24, 2.45) is 0 Å². The van der Waals surface area contributed by atoms with E-state index in [1.165, 1.54) is 38.1 Å². The predicted molar refractivity (Wildman–Crippen MR) is 121 cm³/mol. The fraction of sp³-hybridized carbons (Fsp3) is 0.174. The molecule has 3 aromatic rings. The maximum atomic E-state index is 12.9. The number of anilines is 1. The zero-order valence-electron chi connectivity index (χ0n) is 17.6. The second-order valence-electron chi connectivity index (χ2n) is 7.16. The summed E-state index contributed by atoms with van der Waals surface area (Å²) < 4.78 is 27.8. The summed E-state index contributed by atoms with van der Waals surface area (Å²) in [6.07, 6.45) is 1.63. The number of carbonyl (C=O) groups excluding carboxylic acids is 2. The van der Waals surface area contributed by atoms with Gasteiger partial charge in [-0.25, -0.2) is 8.42 Å². The van der Waals surface area contributed by atoms with Crippen LogP contribution in [-0.4, -0.2) is 31.3 Å². The van der Waals surface area contributed by atoms with Gasteiger partial charge in [-0.3, -0.25) is 14.6 Å². The van der Waals surface area contributed by atoms with E-state index in [0.717, 1.165) is 5.56 Å². The molecule has 0 fully saturated rings. The molecule has 1 aromatic heterocycles. The zero-order chi connectivity index (χ0) is 23.1. The Morgan fingerprint density at radius 3 is 2.16 bits per heavy atom. The van der Waals surface area contributed by atoms with Gasteiger partial charge in [-0.1, -0.05) is 36.4 Å². The molecule has 0 spiro atoms. The van der Waals surface area contributed by atoms with Crippen LogP contribution in [0.4, 0.5) is 5.69 Å². The second-order valence-corrected chi connectivity index (χ2v) is 8.87. The molecule has 32 heavy (non-hydrogen) atoms. The van der Waals surface area contributed by atoms with Crippen LogP contribution in [0.15, 0.2) is 83.9 Å². The minimum absolute atomic E-state index is 0.0180. The summed E-state index contributed by atoms with van der Waals surface area (Å²) in [5.41, 5.74) is 1.93. The van der Waals surface area contributed by atoms with Crippen molar-refractivity contribution in [3.63, 3.8) is 0 Å². The van der Waals surface area contributed by atoms with Crippen molar-refractivity contribution in [3.05, 3.63) is 90.3 Å². The highest BCUT2D eigenvalue weighted by atomic mass is 32.2. The van der Waals surface area contributed by atoms with Crippen LogP contribution in [0.2, 0.25) is 0 Å². The van der Waals surface area contributed by atoms with E-state index in [1.54, 1.807) is 18.3 Å². The van der Waals surface area contributed by atoms with E-state index < -0.39 is 28.0 Å². The summed E-state index contributed by atoms with van der Waals surface area (Å²) in [6, 6.07) is 18.8.